The van der Waals surface area contributed by atoms with Crippen molar-refractivity contribution in [3.05, 3.63) is 57.6 Å². The lowest BCUT2D eigenvalue weighted by Gasteiger charge is -2.09. The number of benzene rings is 2. The van der Waals surface area contributed by atoms with Gasteiger partial charge in [-0.3, -0.25) is 0 Å². The van der Waals surface area contributed by atoms with Crippen molar-refractivity contribution in [3.8, 4) is 11.1 Å². The molecule has 0 atom stereocenters. The van der Waals surface area contributed by atoms with E-state index in [9.17, 15) is 0 Å². The first-order valence-electron chi connectivity index (χ1n) is 5.11. The summed E-state index contributed by atoms with van der Waals surface area (Å²) in [5.74, 6) is 0. The average molecular weight is 251 g/mol. The molecule has 0 N–H and O–H groups in total. The first-order chi connectivity index (χ1) is 7.59. The van der Waals surface area contributed by atoms with Crippen LogP contribution in [0.2, 0.25) is 10.0 Å². The Morgan fingerprint density at radius 1 is 0.875 bits per heavy atom. The molecule has 2 aromatic rings. The summed E-state index contributed by atoms with van der Waals surface area (Å²) in [4.78, 5) is 0. The Balaban J connectivity index is 2.67. The van der Waals surface area contributed by atoms with Crippen molar-refractivity contribution >= 4 is 23.2 Å². The van der Waals surface area contributed by atoms with Gasteiger partial charge in [-0.2, -0.15) is 0 Å². The van der Waals surface area contributed by atoms with Gasteiger partial charge >= 0.3 is 0 Å². The molecular formula is C14H12Cl2. The number of halogens is 2. The Morgan fingerprint density at radius 2 is 1.62 bits per heavy atom. The Morgan fingerprint density at radius 3 is 2.38 bits per heavy atom. The molecule has 82 valence electrons. The molecule has 0 aliphatic carbocycles. The molecule has 0 heterocycles. The summed E-state index contributed by atoms with van der Waals surface area (Å²) in [6.07, 6.45) is 0. The van der Waals surface area contributed by atoms with Crippen molar-refractivity contribution in [1.29, 1.82) is 0 Å². The summed E-state index contributed by atoms with van der Waals surface area (Å²) in [5, 5.41) is 1.51. The highest BCUT2D eigenvalue weighted by Gasteiger charge is 2.08. The van der Waals surface area contributed by atoms with Crippen molar-refractivity contribution < 1.29 is 0 Å². The molecule has 0 bridgehead atoms. The fourth-order valence-electron chi connectivity index (χ4n) is 1.70. The van der Waals surface area contributed by atoms with E-state index >= 15 is 0 Å². The molecule has 0 fully saturated rings. The standard InChI is InChI=1S/C14H12Cl2/c1-9-6-7-13(15)12(8-9)11-5-3-4-10(2)14(11)16/h3-8H,1-2H3. The predicted octanol–water partition coefficient (Wildman–Crippen LogP) is 5.28. The largest absolute Gasteiger partial charge is 0.0837 e. The van der Waals surface area contributed by atoms with Crippen molar-refractivity contribution in [2.45, 2.75) is 13.8 Å². The van der Waals surface area contributed by atoms with Gasteiger partial charge in [0.25, 0.3) is 0 Å². The van der Waals surface area contributed by atoms with Gasteiger partial charge in [-0.05, 0) is 31.5 Å². The first kappa shape index (κ1) is 11.5. The molecule has 16 heavy (non-hydrogen) atoms. The molecule has 0 radical (unpaired) electrons. The molecule has 0 unspecified atom stereocenters. The third-order valence-electron chi connectivity index (χ3n) is 2.60. The number of hydrogen-bond acceptors (Lipinski definition) is 0. The molecule has 2 aromatic carbocycles. The van der Waals surface area contributed by atoms with Gasteiger partial charge in [-0.15, -0.1) is 0 Å². The molecule has 0 saturated heterocycles. The van der Waals surface area contributed by atoms with E-state index in [1.54, 1.807) is 0 Å². The molecular weight excluding hydrogens is 239 g/mol. The lowest BCUT2D eigenvalue weighted by Crippen LogP contribution is -1.85. The smallest absolute Gasteiger partial charge is 0.0514 e. The zero-order valence-corrected chi connectivity index (χ0v) is 10.7. The molecule has 0 amide bonds. The minimum absolute atomic E-state index is 0.734. The lowest BCUT2D eigenvalue weighted by molar-refractivity contribution is 1.44. The van der Waals surface area contributed by atoms with Crippen LogP contribution in [0.3, 0.4) is 0 Å². The van der Waals surface area contributed by atoms with Gasteiger partial charge in [0.1, 0.15) is 0 Å². The van der Waals surface area contributed by atoms with E-state index in [4.69, 9.17) is 23.2 Å². The van der Waals surface area contributed by atoms with Gasteiger partial charge in [0.05, 0.1) is 5.02 Å². The quantitative estimate of drug-likeness (QED) is 0.647. The Bertz CT molecular complexity index is 530. The van der Waals surface area contributed by atoms with Gasteiger partial charge in [0.2, 0.25) is 0 Å². The second-order valence-electron chi connectivity index (χ2n) is 3.92. The van der Waals surface area contributed by atoms with Gasteiger partial charge in [-0.1, -0.05) is 53.0 Å². The average Bonchev–Trinajstić information content (AvgIpc) is 2.26. The third kappa shape index (κ3) is 2.09. The molecule has 0 aromatic heterocycles. The molecule has 2 rings (SSSR count). The van der Waals surface area contributed by atoms with Crippen LogP contribution in [0.15, 0.2) is 36.4 Å². The highest BCUT2D eigenvalue weighted by molar-refractivity contribution is 6.36. The van der Waals surface area contributed by atoms with Crippen LogP contribution >= 0.6 is 23.2 Å². The van der Waals surface area contributed by atoms with Crippen LogP contribution in [0.5, 0.6) is 0 Å². The zero-order valence-electron chi connectivity index (χ0n) is 9.22. The van der Waals surface area contributed by atoms with E-state index in [-0.39, 0.29) is 0 Å². The number of rotatable bonds is 1. The van der Waals surface area contributed by atoms with Crippen molar-refractivity contribution in [3.63, 3.8) is 0 Å². The maximum Gasteiger partial charge on any atom is 0.0514 e. The highest BCUT2D eigenvalue weighted by atomic mass is 35.5. The van der Waals surface area contributed by atoms with E-state index in [2.05, 4.69) is 6.07 Å². The fourth-order valence-corrected chi connectivity index (χ4v) is 2.15. The maximum atomic E-state index is 6.29. The van der Waals surface area contributed by atoms with Gasteiger partial charge in [0.15, 0.2) is 0 Å². The highest BCUT2D eigenvalue weighted by Crippen LogP contribution is 2.35. The van der Waals surface area contributed by atoms with E-state index < -0.39 is 0 Å². The van der Waals surface area contributed by atoms with Crippen LogP contribution < -0.4 is 0 Å². The van der Waals surface area contributed by atoms with Crippen LogP contribution in [-0.4, -0.2) is 0 Å². The van der Waals surface area contributed by atoms with Crippen LogP contribution in [0.25, 0.3) is 11.1 Å². The number of aryl methyl sites for hydroxylation is 2. The Labute approximate surface area is 106 Å². The Hall–Kier alpha value is -0.980. The van der Waals surface area contributed by atoms with Crippen LogP contribution in [0.1, 0.15) is 11.1 Å². The SMILES string of the molecule is Cc1ccc(Cl)c(-c2cccc(C)c2Cl)c1. The summed E-state index contributed by atoms with van der Waals surface area (Å²) in [6.45, 7) is 4.04. The van der Waals surface area contributed by atoms with E-state index in [0.29, 0.717) is 0 Å². The topological polar surface area (TPSA) is 0 Å². The number of hydrogen-bond donors (Lipinski definition) is 0. The van der Waals surface area contributed by atoms with Crippen molar-refractivity contribution in [2.24, 2.45) is 0 Å². The summed E-state index contributed by atoms with van der Waals surface area (Å²) < 4.78 is 0. The Kier molecular flexibility index (Phi) is 3.22. The van der Waals surface area contributed by atoms with Gasteiger partial charge in [0, 0.05) is 16.1 Å². The lowest BCUT2D eigenvalue weighted by atomic mass is 10.0. The van der Waals surface area contributed by atoms with Gasteiger partial charge in [-0.25, -0.2) is 0 Å². The monoisotopic (exact) mass is 250 g/mol. The van der Waals surface area contributed by atoms with E-state index in [1.807, 2.05) is 44.2 Å². The predicted molar refractivity (Wildman–Crippen MR) is 71.4 cm³/mol. The van der Waals surface area contributed by atoms with E-state index in [0.717, 1.165) is 26.7 Å². The molecule has 0 aliphatic heterocycles. The molecule has 0 aliphatic rings. The van der Waals surface area contributed by atoms with Crippen molar-refractivity contribution in [2.75, 3.05) is 0 Å². The molecule has 0 saturated carbocycles. The second-order valence-corrected chi connectivity index (χ2v) is 4.70. The maximum absolute atomic E-state index is 6.29. The fraction of sp³-hybridized carbons (Fsp3) is 0.143. The summed E-state index contributed by atoms with van der Waals surface area (Å²) in [6, 6.07) is 11.9. The van der Waals surface area contributed by atoms with E-state index in [1.165, 1.54) is 5.56 Å². The zero-order chi connectivity index (χ0) is 11.7. The first-order valence-corrected chi connectivity index (χ1v) is 5.87. The third-order valence-corrected chi connectivity index (χ3v) is 3.44. The van der Waals surface area contributed by atoms with Crippen LogP contribution in [0, 0.1) is 13.8 Å². The minimum atomic E-state index is 0.734. The summed E-state index contributed by atoms with van der Waals surface area (Å²) in [7, 11) is 0. The van der Waals surface area contributed by atoms with Crippen LogP contribution in [0.4, 0.5) is 0 Å². The molecule has 0 spiro atoms. The molecule has 2 heteroatoms. The normalized spacial score (nSPS) is 10.5. The second kappa shape index (κ2) is 4.48. The minimum Gasteiger partial charge on any atom is -0.0837 e. The van der Waals surface area contributed by atoms with Gasteiger partial charge < -0.3 is 0 Å². The summed E-state index contributed by atoms with van der Waals surface area (Å²) in [5.41, 5.74) is 4.24. The van der Waals surface area contributed by atoms with Crippen molar-refractivity contribution in [1.82, 2.24) is 0 Å². The summed E-state index contributed by atoms with van der Waals surface area (Å²) >= 11 is 12.5. The van der Waals surface area contributed by atoms with Crippen LogP contribution in [-0.2, 0) is 0 Å². The molecule has 0 nitrogen and oxygen atoms in total.